The van der Waals surface area contributed by atoms with Crippen LogP contribution in [-0.2, 0) is 0 Å². The van der Waals surface area contributed by atoms with Crippen molar-refractivity contribution in [3.8, 4) is 17.4 Å². The van der Waals surface area contributed by atoms with E-state index in [9.17, 15) is 9.59 Å². The molecule has 5 aromatic rings. The van der Waals surface area contributed by atoms with E-state index in [-0.39, 0.29) is 17.3 Å². The monoisotopic (exact) mass is 672 g/mol. The van der Waals surface area contributed by atoms with Crippen molar-refractivity contribution in [3.05, 3.63) is 158 Å². The zero-order chi connectivity index (χ0) is 29.2. The molecule has 1 heterocycles. The smallest absolute Gasteiger partial charge is 0.289 e. The van der Waals surface area contributed by atoms with Crippen molar-refractivity contribution < 1.29 is 23.5 Å². The number of carbonyl (C=O) groups is 2. The summed E-state index contributed by atoms with van der Waals surface area (Å²) in [5.74, 6) is 1.10. The van der Waals surface area contributed by atoms with Gasteiger partial charge in [0.25, 0.3) is 5.95 Å². The second-order valence-electron chi connectivity index (χ2n) is 8.98. The predicted molar refractivity (Wildman–Crippen MR) is 167 cm³/mol. The summed E-state index contributed by atoms with van der Waals surface area (Å²) < 4.78 is 18.0. The lowest BCUT2D eigenvalue weighted by molar-refractivity contribution is 0.0968. The molecule has 0 aliphatic heterocycles. The SMILES string of the molecule is Cc1ccc(OC(=CC(=O)c2ccc(Br)cc2)C(=O)c2ccc(Br)cc2)cc1.Cc1ccc(Oc2ccco2)cc1. The highest BCUT2D eigenvalue weighted by molar-refractivity contribution is 9.10. The minimum Gasteiger partial charge on any atom is -0.453 e. The number of benzene rings is 4. The van der Waals surface area contributed by atoms with Crippen LogP contribution in [0.4, 0.5) is 0 Å². The van der Waals surface area contributed by atoms with Crippen molar-refractivity contribution in [3.63, 3.8) is 0 Å². The van der Waals surface area contributed by atoms with Gasteiger partial charge in [-0.3, -0.25) is 9.59 Å². The zero-order valence-corrected chi connectivity index (χ0v) is 25.5. The third kappa shape index (κ3) is 9.17. The van der Waals surface area contributed by atoms with Crippen LogP contribution >= 0.6 is 31.9 Å². The van der Waals surface area contributed by atoms with Gasteiger partial charge in [0.05, 0.1) is 6.26 Å². The van der Waals surface area contributed by atoms with Crippen molar-refractivity contribution in [2.45, 2.75) is 13.8 Å². The Labute approximate surface area is 255 Å². The number of rotatable bonds is 8. The molecule has 0 fully saturated rings. The average molecular weight is 674 g/mol. The number of halogens is 2. The fourth-order valence-corrected chi connectivity index (χ4v) is 4.01. The summed E-state index contributed by atoms with van der Waals surface area (Å²) >= 11 is 6.70. The third-order valence-electron chi connectivity index (χ3n) is 5.70. The Morgan fingerprint density at radius 1 is 0.659 bits per heavy atom. The predicted octanol–water partition coefficient (Wildman–Crippen LogP) is 9.93. The quantitative estimate of drug-likeness (QED) is 0.0932. The number of hydrogen-bond donors (Lipinski definition) is 0. The fraction of sp³-hybridized carbons (Fsp3) is 0.0588. The molecule has 206 valence electrons. The standard InChI is InChI=1S/C23H16Br2O3.C11H10O2/c1-15-2-12-20(13-3-15)28-22(23(27)17-6-10-19(25)11-7-17)14-21(26)16-4-8-18(24)9-5-16;1-9-4-6-10(7-5-9)13-11-3-2-8-12-11/h2-14H,1H3;2-8H,1H3. The van der Waals surface area contributed by atoms with Crippen LogP contribution in [0.3, 0.4) is 0 Å². The van der Waals surface area contributed by atoms with Gasteiger partial charge in [-0.2, -0.15) is 0 Å². The molecule has 0 radical (unpaired) electrons. The molecule has 0 aliphatic rings. The van der Waals surface area contributed by atoms with E-state index in [1.165, 1.54) is 11.6 Å². The molecule has 5 rings (SSSR count). The number of aryl methyl sites for hydroxylation is 2. The van der Waals surface area contributed by atoms with Crippen molar-refractivity contribution in [1.82, 2.24) is 0 Å². The Bertz CT molecular complexity index is 1600. The van der Waals surface area contributed by atoms with Crippen molar-refractivity contribution in [2.75, 3.05) is 0 Å². The van der Waals surface area contributed by atoms with Gasteiger partial charge < -0.3 is 13.9 Å². The number of carbonyl (C=O) groups excluding carboxylic acids is 2. The summed E-state index contributed by atoms with van der Waals surface area (Å²) in [6.45, 7) is 4.00. The van der Waals surface area contributed by atoms with Crippen molar-refractivity contribution >= 4 is 43.4 Å². The normalized spacial score (nSPS) is 10.8. The lowest BCUT2D eigenvalue weighted by Crippen LogP contribution is -2.12. The van der Waals surface area contributed by atoms with Gasteiger partial charge in [-0.25, -0.2) is 0 Å². The Hall–Kier alpha value is -4.20. The number of Topliss-reactive ketones (excluding diaryl/α,β-unsaturated/α-hetero) is 1. The van der Waals surface area contributed by atoms with Crippen LogP contribution in [0.25, 0.3) is 0 Å². The summed E-state index contributed by atoms with van der Waals surface area (Å²) in [6, 6.07) is 32.5. The largest absolute Gasteiger partial charge is 0.453 e. The minimum absolute atomic E-state index is 0.0286. The molecular formula is C34H26Br2O5. The minimum atomic E-state index is -0.362. The molecular weight excluding hydrogens is 648 g/mol. The lowest BCUT2D eigenvalue weighted by Gasteiger charge is -2.10. The van der Waals surface area contributed by atoms with Crippen LogP contribution in [0.15, 0.2) is 141 Å². The van der Waals surface area contributed by atoms with E-state index >= 15 is 0 Å². The molecule has 0 unspecified atom stereocenters. The van der Waals surface area contributed by atoms with Gasteiger partial charge in [0.15, 0.2) is 11.5 Å². The molecule has 5 nitrogen and oxygen atoms in total. The molecule has 0 atom stereocenters. The molecule has 0 spiro atoms. The molecule has 41 heavy (non-hydrogen) atoms. The zero-order valence-electron chi connectivity index (χ0n) is 22.3. The fourth-order valence-electron chi connectivity index (χ4n) is 3.48. The van der Waals surface area contributed by atoms with Gasteiger partial charge >= 0.3 is 0 Å². The van der Waals surface area contributed by atoms with Crippen molar-refractivity contribution in [1.29, 1.82) is 0 Å². The van der Waals surface area contributed by atoms with E-state index in [1.54, 1.807) is 79.1 Å². The first-order valence-corrected chi connectivity index (χ1v) is 14.2. The number of allylic oxidation sites excluding steroid dienone is 2. The topological polar surface area (TPSA) is 65.7 Å². The van der Waals surface area contributed by atoms with E-state index in [1.807, 2.05) is 50.2 Å². The molecule has 0 aliphatic carbocycles. The molecule has 0 saturated carbocycles. The van der Waals surface area contributed by atoms with Crippen LogP contribution in [0, 0.1) is 13.8 Å². The highest BCUT2D eigenvalue weighted by Crippen LogP contribution is 2.22. The summed E-state index contributed by atoms with van der Waals surface area (Å²) in [5, 5.41) is 0. The molecule has 7 heteroatoms. The van der Waals surface area contributed by atoms with Gasteiger partial charge in [-0.1, -0.05) is 67.3 Å². The second kappa shape index (κ2) is 14.4. The van der Waals surface area contributed by atoms with Gasteiger partial charge in [0.2, 0.25) is 5.78 Å². The average Bonchev–Trinajstić information content (AvgIpc) is 3.49. The van der Waals surface area contributed by atoms with E-state index in [0.29, 0.717) is 22.8 Å². The summed E-state index contributed by atoms with van der Waals surface area (Å²) in [6.07, 6.45) is 2.83. The first-order chi connectivity index (χ1) is 19.8. The summed E-state index contributed by atoms with van der Waals surface area (Å²) in [5.41, 5.74) is 3.19. The molecule has 0 saturated heterocycles. The maximum Gasteiger partial charge on any atom is 0.289 e. The molecule has 0 amide bonds. The number of ketones is 2. The highest BCUT2D eigenvalue weighted by Gasteiger charge is 2.17. The Morgan fingerprint density at radius 3 is 1.68 bits per heavy atom. The number of furan rings is 1. The van der Waals surface area contributed by atoms with Crippen LogP contribution in [0.2, 0.25) is 0 Å². The Morgan fingerprint density at radius 2 is 1.17 bits per heavy atom. The maximum atomic E-state index is 13.0. The van der Waals surface area contributed by atoms with E-state index < -0.39 is 0 Å². The van der Waals surface area contributed by atoms with Gasteiger partial charge in [-0.05, 0) is 92.7 Å². The van der Waals surface area contributed by atoms with Gasteiger partial charge in [0, 0.05) is 32.2 Å². The summed E-state index contributed by atoms with van der Waals surface area (Å²) in [7, 11) is 0. The lowest BCUT2D eigenvalue weighted by atomic mass is 10.1. The van der Waals surface area contributed by atoms with Crippen LogP contribution < -0.4 is 9.47 Å². The Balaban J connectivity index is 0.000000247. The molecule has 0 N–H and O–H groups in total. The third-order valence-corrected chi connectivity index (χ3v) is 6.76. The van der Waals surface area contributed by atoms with Crippen LogP contribution in [0.5, 0.6) is 17.4 Å². The molecule has 1 aromatic heterocycles. The van der Waals surface area contributed by atoms with E-state index in [4.69, 9.17) is 13.9 Å². The number of ether oxygens (including phenoxy) is 2. The highest BCUT2D eigenvalue weighted by atomic mass is 79.9. The first-order valence-electron chi connectivity index (χ1n) is 12.6. The first kappa shape index (κ1) is 29.8. The van der Waals surface area contributed by atoms with Gasteiger partial charge in [-0.15, -0.1) is 0 Å². The summed E-state index contributed by atoms with van der Waals surface area (Å²) in [4.78, 5) is 25.6. The molecule has 0 bridgehead atoms. The van der Waals surface area contributed by atoms with E-state index in [2.05, 4.69) is 31.9 Å². The molecule has 4 aromatic carbocycles. The maximum absolute atomic E-state index is 13.0. The van der Waals surface area contributed by atoms with E-state index in [0.717, 1.165) is 20.3 Å². The number of hydrogen-bond acceptors (Lipinski definition) is 5. The second-order valence-corrected chi connectivity index (χ2v) is 10.8. The van der Waals surface area contributed by atoms with Crippen LogP contribution in [-0.4, -0.2) is 11.6 Å². The van der Waals surface area contributed by atoms with Gasteiger partial charge in [0.1, 0.15) is 11.5 Å². The Kier molecular flexibility index (Phi) is 10.5. The van der Waals surface area contributed by atoms with Crippen LogP contribution in [0.1, 0.15) is 31.8 Å². The van der Waals surface area contributed by atoms with Crippen molar-refractivity contribution in [2.24, 2.45) is 0 Å².